The fourth-order valence-corrected chi connectivity index (χ4v) is 2.11. The Labute approximate surface area is 113 Å². The van der Waals surface area contributed by atoms with E-state index in [4.69, 9.17) is 0 Å². The minimum Gasteiger partial charge on any atom is -0.342 e. The van der Waals surface area contributed by atoms with Crippen LogP contribution in [0.2, 0.25) is 0 Å². The van der Waals surface area contributed by atoms with Crippen molar-refractivity contribution in [3.63, 3.8) is 0 Å². The van der Waals surface area contributed by atoms with Crippen molar-refractivity contribution in [3.05, 3.63) is 30.1 Å². The van der Waals surface area contributed by atoms with Gasteiger partial charge in [-0.25, -0.2) is 0 Å². The maximum absolute atomic E-state index is 12.2. The lowest BCUT2D eigenvalue weighted by atomic mass is 9.97. The Kier molecular flexibility index (Phi) is 4.30. The van der Waals surface area contributed by atoms with Crippen molar-refractivity contribution in [2.45, 2.75) is 39.2 Å². The molecule has 1 amide bonds. The largest absolute Gasteiger partial charge is 0.342 e. The van der Waals surface area contributed by atoms with E-state index in [0.717, 1.165) is 12.8 Å². The Morgan fingerprint density at radius 2 is 2.16 bits per heavy atom. The number of nitrogens with zero attached hydrogens (tertiary/aromatic N) is 1. The van der Waals surface area contributed by atoms with Crippen LogP contribution in [0, 0.1) is 11.8 Å². The van der Waals surface area contributed by atoms with Crippen LogP contribution in [0.3, 0.4) is 0 Å². The van der Waals surface area contributed by atoms with Gasteiger partial charge in [-0.3, -0.25) is 14.6 Å². The third kappa shape index (κ3) is 3.88. The summed E-state index contributed by atoms with van der Waals surface area (Å²) in [5.41, 5.74) is 0.500. The fraction of sp³-hybridized carbons (Fsp3) is 0.533. The minimum atomic E-state index is -0.361. The first kappa shape index (κ1) is 13.7. The topological polar surface area (TPSA) is 59.1 Å². The normalized spacial score (nSPS) is 16.2. The molecule has 0 saturated heterocycles. The molecule has 19 heavy (non-hydrogen) atoms. The van der Waals surface area contributed by atoms with Crippen LogP contribution >= 0.6 is 0 Å². The highest BCUT2D eigenvalue weighted by molar-refractivity contribution is 5.98. The van der Waals surface area contributed by atoms with Crippen LogP contribution in [0.5, 0.6) is 0 Å². The Morgan fingerprint density at radius 1 is 1.42 bits per heavy atom. The zero-order valence-electron chi connectivity index (χ0n) is 11.4. The van der Waals surface area contributed by atoms with Crippen molar-refractivity contribution >= 4 is 11.7 Å². The van der Waals surface area contributed by atoms with Crippen LogP contribution in [0.15, 0.2) is 24.5 Å². The number of hydrogen-bond acceptors (Lipinski definition) is 3. The van der Waals surface area contributed by atoms with Gasteiger partial charge in [-0.2, -0.15) is 0 Å². The Balaban J connectivity index is 2.02. The zero-order valence-corrected chi connectivity index (χ0v) is 11.4. The SMILES string of the molecule is CC(C)CC(NC(=O)c1cccnc1)C(=O)C1CC1. The molecule has 1 aromatic heterocycles. The maximum Gasteiger partial charge on any atom is 0.253 e. The van der Waals surface area contributed by atoms with Crippen LogP contribution in [-0.2, 0) is 4.79 Å². The van der Waals surface area contributed by atoms with Gasteiger partial charge in [0.1, 0.15) is 0 Å². The highest BCUT2D eigenvalue weighted by Crippen LogP contribution is 2.32. The molecule has 0 spiro atoms. The first-order chi connectivity index (χ1) is 9.08. The van der Waals surface area contributed by atoms with Gasteiger partial charge in [0.05, 0.1) is 11.6 Å². The predicted molar refractivity (Wildman–Crippen MR) is 72.7 cm³/mol. The number of nitrogens with one attached hydrogen (secondary N) is 1. The van der Waals surface area contributed by atoms with Gasteiger partial charge in [-0.05, 0) is 37.3 Å². The second-order valence-corrected chi connectivity index (χ2v) is 5.57. The van der Waals surface area contributed by atoms with E-state index in [9.17, 15) is 9.59 Å². The van der Waals surface area contributed by atoms with Crippen LogP contribution < -0.4 is 5.32 Å². The lowest BCUT2D eigenvalue weighted by Gasteiger charge is -2.19. The maximum atomic E-state index is 12.2. The number of rotatable bonds is 6. The molecule has 1 saturated carbocycles. The molecule has 1 N–H and O–H groups in total. The molecular formula is C15H20N2O2. The van der Waals surface area contributed by atoms with E-state index in [-0.39, 0.29) is 23.7 Å². The molecule has 1 aromatic rings. The molecule has 2 rings (SSSR count). The van der Waals surface area contributed by atoms with Crippen LogP contribution in [0.4, 0.5) is 0 Å². The molecule has 1 aliphatic rings. The second-order valence-electron chi connectivity index (χ2n) is 5.57. The standard InChI is InChI=1S/C15H20N2O2/c1-10(2)8-13(14(18)11-5-6-11)17-15(19)12-4-3-7-16-9-12/h3-4,7,9-11,13H,5-6,8H2,1-2H3,(H,17,19). The van der Waals surface area contributed by atoms with Gasteiger partial charge < -0.3 is 5.32 Å². The summed E-state index contributed by atoms with van der Waals surface area (Å²) in [5.74, 6) is 0.513. The Bertz CT molecular complexity index is 452. The number of aromatic nitrogens is 1. The first-order valence-corrected chi connectivity index (χ1v) is 6.82. The number of amides is 1. The monoisotopic (exact) mass is 260 g/mol. The Hall–Kier alpha value is -1.71. The van der Waals surface area contributed by atoms with Gasteiger partial charge >= 0.3 is 0 Å². The number of hydrogen-bond donors (Lipinski definition) is 1. The first-order valence-electron chi connectivity index (χ1n) is 6.82. The van der Waals surface area contributed by atoms with E-state index in [2.05, 4.69) is 24.1 Å². The molecule has 0 bridgehead atoms. The summed E-state index contributed by atoms with van der Waals surface area (Å²) in [6.07, 6.45) is 5.77. The number of ketones is 1. The van der Waals surface area contributed by atoms with Gasteiger partial charge in [0.25, 0.3) is 5.91 Å². The molecule has 4 heteroatoms. The van der Waals surface area contributed by atoms with Gasteiger partial charge in [0.2, 0.25) is 0 Å². The summed E-state index contributed by atoms with van der Waals surface area (Å²) < 4.78 is 0. The third-order valence-corrected chi connectivity index (χ3v) is 3.26. The molecule has 1 atom stereocenters. The van der Waals surface area contributed by atoms with Gasteiger partial charge in [0, 0.05) is 18.3 Å². The minimum absolute atomic E-state index is 0.165. The summed E-state index contributed by atoms with van der Waals surface area (Å²) in [4.78, 5) is 28.2. The van der Waals surface area contributed by atoms with Crippen molar-refractivity contribution in [3.8, 4) is 0 Å². The zero-order chi connectivity index (χ0) is 13.8. The lowest BCUT2D eigenvalue weighted by Crippen LogP contribution is -2.42. The molecule has 4 nitrogen and oxygen atoms in total. The molecule has 0 aromatic carbocycles. The average molecular weight is 260 g/mol. The van der Waals surface area contributed by atoms with Crippen molar-refractivity contribution in [2.24, 2.45) is 11.8 Å². The van der Waals surface area contributed by atoms with Crippen LogP contribution in [-0.4, -0.2) is 22.7 Å². The van der Waals surface area contributed by atoms with Crippen LogP contribution in [0.1, 0.15) is 43.5 Å². The lowest BCUT2D eigenvalue weighted by molar-refractivity contribution is -0.122. The van der Waals surface area contributed by atoms with Crippen LogP contribution in [0.25, 0.3) is 0 Å². The summed E-state index contributed by atoms with van der Waals surface area (Å²) >= 11 is 0. The second kappa shape index (κ2) is 5.95. The predicted octanol–water partition coefficient (Wildman–Crippen LogP) is 2.21. The number of Topliss-reactive ketones (excluding diaryl/α,β-unsaturated/α-hetero) is 1. The quantitative estimate of drug-likeness (QED) is 0.853. The van der Waals surface area contributed by atoms with E-state index in [1.807, 2.05) is 0 Å². The molecule has 1 fully saturated rings. The van der Waals surface area contributed by atoms with Gasteiger partial charge in [-0.1, -0.05) is 13.8 Å². The number of carbonyl (C=O) groups is 2. The van der Waals surface area contributed by atoms with E-state index in [1.165, 1.54) is 6.20 Å². The smallest absolute Gasteiger partial charge is 0.253 e. The van der Waals surface area contributed by atoms with Gasteiger partial charge in [0.15, 0.2) is 5.78 Å². The Morgan fingerprint density at radius 3 is 2.68 bits per heavy atom. The van der Waals surface area contributed by atoms with Crippen molar-refractivity contribution in [2.75, 3.05) is 0 Å². The third-order valence-electron chi connectivity index (χ3n) is 3.26. The van der Waals surface area contributed by atoms with Crippen molar-refractivity contribution in [1.82, 2.24) is 10.3 Å². The molecule has 1 unspecified atom stereocenters. The highest BCUT2D eigenvalue weighted by atomic mass is 16.2. The van der Waals surface area contributed by atoms with E-state index >= 15 is 0 Å². The van der Waals surface area contributed by atoms with Crippen molar-refractivity contribution < 1.29 is 9.59 Å². The summed E-state index contributed by atoms with van der Waals surface area (Å²) in [7, 11) is 0. The fourth-order valence-electron chi connectivity index (χ4n) is 2.11. The average Bonchev–Trinajstić information content (AvgIpc) is 3.22. The molecule has 0 aliphatic heterocycles. The van der Waals surface area contributed by atoms with E-state index in [1.54, 1.807) is 18.3 Å². The van der Waals surface area contributed by atoms with Gasteiger partial charge in [-0.15, -0.1) is 0 Å². The number of pyridine rings is 1. The number of carbonyl (C=O) groups excluding carboxylic acids is 2. The summed E-state index contributed by atoms with van der Waals surface area (Å²) in [6, 6.07) is 3.06. The molecule has 1 aliphatic carbocycles. The molecule has 102 valence electrons. The molecule has 0 radical (unpaired) electrons. The van der Waals surface area contributed by atoms with Crippen molar-refractivity contribution in [1.29, 1.82) is 0 Å². The van der Waals surface area contributed by atoms with E-state index < -0.39 is 0 Å². The van der Waals surface area contributed by atoms with E-state index in [0.29, 0.717) is 17.9 Å². The summed E-state index contributed by atoms with van der Waals surface area (Å²) in [6.45, 7) is 4.12. The highest BCUT2D eigenvalue weighted by Gasteiger charge is 2.35. The molecule has 1 heterocycles. The molecular weight excluding hydrogens is 240 g/mol. The summed E-state index contributed by atoms with van der Waals surface area (Å²) in [5, 5.41) is 2.86.